The van der Waals surface area contributed by atoms with Crippen LogP contribution in [0.5, 0.6) is 5.75 Å². The Morgan fingerprint density at radius 3 is 2.89 bits per heavy atom. The molecule has 0 radical (unpaired) electrons. The van der Waals surface area contributed by atoms with Crippen molar-refractivity contribution in [3.63, 3.8) is 0 Å². The first-order chi connectivity index (χ1) is 9.11. The van der Waals surface area contributed by atoms with E-state index in [0.29, 0.717) is 5.82 Å². The van der Waals surface area contributed by atoms with Crippen LogP contribution in [0.3, 0.4) is 0 Å². The molecule has 0 unspecified atom stereocenters. The average Bonchev–Trinajstić information content (AvgIpc) is 2.70. The van der Waals surface area contributed by atoms with E-state index in [9.17, 15) is 5.11 Å². The second-order valence-electron chi connectivity index (χ2n) is 4.22. The summed E-state index contributed by atoms with van der Waals surface area (Å²) in [7, 11) is 0. The number of phenols is 1. The van der Waals surface area contributed by atoms with Crippen molar-refractivity contribution in [1.29, 1.82) is 0 Å². The minimum atomic E-state index is 0.199. The van der Waals surface area contributed by atoms with Gasteiger partial charge in [0.25, 0.3) is 0 Å². The third-order valence-electron chi connectivity index (χ3n) is 2.75. The van der Waals surface area contributed by atoms with Crippen LogP contribution in [0.25, 0.3) is 10.9 Å². The highest BCUT2D eigenvalue weighted by Gasteiger charge is 2.06. The van der Waals surface area contributed by atoms with Crippen molar-refractivity contribution in [3.8, 4) is 5.75 Å². The maximum atomic E-state index is 9.54. The lowest BCUT2D eigenvalue weighted by Crippen LogP contribution is -1.96. The fourth-order valence-corrected chi connectivity index (χ4v) is 2.17. The Morgan fingerprint density at radius 2 is 2.11 bits per heavy atom. The van der Waals surface area contributed by atoms with E-state index in [0.717, 1.165) is 22.3 Å². The third kappa shape index (κ3) is 2.32. The number of aromatic amines is 1. The Bertz CT molecular complexity index is 733. The Hall–Kier alpha value is -2.27. The zero-order valence-electron chi connectivity index (χ0n) is 10.1. The van der Waals surface area contributed by atoms with Gasteiger partial charge in [0.2, 0.25) is 5.28 Å². The number of H-pyrrole nitrogens is 1. The quantitative estimate of drug-likeness (QED) is 0.627. The van der Waals surface area contributed by atoms with Gasteiger partial charge in [-0.1, -0.05) is 0 Å². The number of halogens is 1. The Labute approximate surface area is 114 Å². The molecule has 96 valence electrons. The molecule has 19 heavy (non-hydrogen) atoms. The van der Waals surface area contributed by atoms with Crippen molar-refractivity contribution in [2.75, 3.05) is 5.32 Å². The Morgan fingerprint density at radius 1 is 1.26 bits per heavy atom. The molecule has 5 nitrogen and oxygen atoms in total. The minimum Gasteiger partial charge on any atom is -0.508 e. The molecule has 3 N–H and O–H groups in total. The Balaban J connectivity index is 2.03. The topological polar surface area (TPSA) is 73.8 Å². The number of hydrogen-bond acceptors (Lipinski definition) is 4. The fraction of sp³-hybridized carbons (Fsp3) is 0.0769. The SMILES string of the molecule is Cc1cc(Nc2c[nH]c3ccc(O)cc23)nc(Cl)n1. The van der Waals surface area contributed by atoms with Crippen LogP contribution in [0.1, 0.15) is 5.69 Å². The maximum Gasteiger partial charge on any atom is 0.224 e. The van der Waals surface area contributed by atoms with Gasteiger partial charge in [-0.3, -0.25) is 0 Å². The van der Waals surface area contributed by atoms with Gasteiger partial charge < -0.3 is 15.4 Å². The van der Waals surface area contributed by atoms with Gasteiger partial charge in [-0.15, -0.1) is 0 Å². The summed E-state index contributed by atoms with van der Waals surface area (Å²) in [6, 6.07) is 6.93. The molecule has 0 fully saturated rings. The molecular weight excluding hydrogens is 264 g/mol. The molecule has 1 aromatic carbocycles. The molecule has 2 heterocycles. The van der Waals surface area contributed by atoms with Gasteiger partial charge in [-0.25, -0.2) is 9.97 Å². The van der Waals surface area contributed by atoms with Crippen LogP contribution in [0.4, 0.5) is 11.5 Å². The van der Waals surface area contributed by atoms with E-state index >= 15 is 0 Å². The van der Waals surface area contributed by atoms with Gasteiger partial charge >= 0.3 is 0 Å². The van der Waals surface area contributed by atoms with Gasteiger partial charge in [0.05, 0.1) is 5.69 Å². The monoisotopic (exact) mass is 274 g/mol. The molecule has 3 aromatic rings. The molecule has 0 atom stereocenters. The van der Waals surface area contributed by atoms with Crippen LogP contribution in [-0.2, 0) is 0 Å². The number of nitrogens with one attached hydrogen (secondary N) is 2. The van der Waals surface area contributed by atoms with Crippen LogP contribution < -0.4 is 5.32 Å². The summed E-state index contributed by atoms with van der Waals surface area (Å²) in [5.74, 6) is 0.828. The second-order valence-corrected chi connectivity index (χ2v) is 4.56. The summed E-state index contributed by atoms with van der Waals surface area (Å²) in [5.41, 5.74) is 2.53. The van der Waals surface area contributed by atoms with Gasteiger partial charge in [-0.05, 0) is 36.7 Å². The van der Waals surface area contributed by atoms with Gasteiger partial charge in [0.1, 0.15) is 11.6 Å². The van der Waals surface area contributed by atoms with Crippen LogP contribution >= 0.6 is 11.6 Å². The number of aromatic hydroxyl groups is 1. The first-order valence-electron chi connectivity index (χ1n) is 5.70. The number of hydrogen-bond donors (Lipinski definition) is 3. The summed E-state index contributed by atoms with van der Waals surface area (Å²) >= 11 is 5.82. The second kappa shape index (κ2) is 4.44. The zero-order chi connectivity index (χ0) is 13.4. The molecule has 3 rings (SSSR count). The first-order valence-corrected chi connectivity index (χ1v) is 6.08. The minimum absolute atomic E-state index is 0.199. The largest absolute Gasteiger partial charge is 0.508 e. The molecule has 2 aromatic heterocycles. The van der Waals surface area contributed by atoms with E-state index in [1.807, 2.05) is 19.2 Å². The molecule has 0 saturated carbocycles. The number of aromatic nitrogens is 3. The number of fused-ring (bicyclic) bond motifs is 1. The van der Waals surface area contributed by atoms with Gasteiger partial charge in [-0.2, -0.15) is 0 Å². The van der Waals surface area contributed by atoms with E-state index in [1.165, 1.54) is 0 Å². The number of rotatable bonds is 2. The lowest BCUT2D eigenvalue weighted by Gasteiger charge is -2.05. The molecule has 0 spiro atoms. The van der Waals surface area contributed by atoms with Crippen LogP contribution in [0, 0.1) is 6.92 Å². The zero-order valence-corrected chi connectivity index (χ0v) is 10.9. The fourth-order valence-electron chi connectivity index (χ4n) is 1.95. The number of phenolic OH excluding ortho intramolecular Hbond substituents is 1. The van der Waals surface area contributed by atoms with Crippen molar-refractivity contribution >= 4 is 34.0 Å². The molecular formula is C13H11ClN4O. The van der Waals surface area contributed by atoms with Crippen LogP contribution in [0.2, 0.25) is 5.28 Å². The first kappa shape index (κ1) is 11.8. The smallest absolute Gasteiger partial charge is 0.224 e. The summed E-state index contributed by atoms with van der Waals surface area (Å²) < 4.78 is 0. The van der Waals surface area contributed by atoms with Crippen molar-refractivity contribution < 1.29 is 5.11 Å². The summed E-state index contributed by atoms with van der Waals surface area (Å²) in [6.07, 6.45) is 1.81. The lowest BCUT2D eigenvalue weighted by molar-refractivity contribution is 0.476. The highest BCUT2D eigenvalue weighted by Crippen LogP contribution is 2.28. The molecule has 0 aliphatic heterocycles. The van der Waals surface area contributed by atoms with Crippen LogP contribution in [0.15, 0.2) is 30.5 Å². The molecule has 0 amide bonds. The molecule has 0 aliphatic rings. The predicted octanol–water partition coefficient (Wildman–Crippen LogP) is 3.37. The maximum absolute atomic E-state index is 9.54. The van der Waals surface area contributed by atoms with Gasteiger partial charge in [0, 0.05) is 28.9 Å². The molecule has 0 saturated heterocycles. The van der Waals surface area contributed by atoms with Crippen molar-refractivity contribution in [1.82, 2.24) is 15.0 Å². The number of nitrogens with zero attached hydrogens (tertiary/aromatic N) is 2. The summed E-state index contributed by atoms with van der Waals surface area (Å²) in [4.78, 5) is 11.2. The Kier molecular flexibility index (Phi) is 2.76. The molecule has 6 heteroatoms. The highest BCUT2D eigenvalue weighted by atomic mass is 35.5. The number of benzene rings is 1. The lowest BCUT2D eigenvalue weighted by atomic mass is 10.2. The third-order valence-corrected chi connectivity index (χ3v) is 2.92. The van der Waals surface area contributed by atoms with Crippen molar-refractivity contribution in [2.45, 2.75) is 6.92 Å². The number of aryl methyl sites for hydroxylation is 1. The highest BCUT2D eigenvalue weighted by molar-refractivity contribution is 6.28. The average molecular weight is 275 g/mol. The van der Waals surface area contributed by atoms with E-state index in [2.05, 4.69) is 20.3 Å². The van der Waals surface area contributed by atoms with E-state index < -0.39 is 0 Å². The normalized spacial score (nSPS) is 10.8. The number of anilines is 2. The van der Waals surface area contributed by atoms with E-state index in [1.54, 1.807) is 18.2 Å². The molecule has 0 bridgehead atoms. The summed E-state index contributed by atoms with van der Waals surface area (Å²) in [5, 5.41) is 13.8. The summed E-state index contributed by atoms with van der Waals surface area (Å²) in [6.45, 7) is 1.85. The van der Waals surface area contributed by atoms with E-state index in [4.69, 9.17) is 11.6 Å². The standard InChI is InChI=1S/C13H11ClN4O/c1-7-4-12(18-13(14)16-7)17-11-6-15-10-3-2-8(19)5-9(10)11/h2-6,15,19H,1H3,(H,16,17,18). The predicted molar refractivity (Wildman–Crippen MR) is 75.0 cm³/mol. The van der Waals surface area contributed by atoms with Crippen molar-refractivity contribution in [3.05, 3.63) is 41.4 Å². The van der Waals surface area contributed by atoms with E-state index in [-0.39, 0.29) is 11.0 Å². The van der Waals surface area contributed by atoms with Crippen LogP contribution in [-0.4, -0.2) is 20.1 Å². The van der Waals surface area contributed by atoms with Gasteiger partial charge in [0.15, 0.2) is 0 Å². The molecule has 0 aliphatic carbocycles. The van der Waals surface area contributed by atoms with Crippen molar-refractivity contribution in [2.24, 2.45) is 0 Å².